The monoisotopic (exact) mass is 478 g/mol. The van der Waals surface area contributed by atoms with Crippen molar-refractivity contribution in [2.24, 2.45) is 7.05 Å². The minimum Gasteiger partial charge on any atom is -0.493 e. The van der Waals surface area contributed by atoms with E-state index in [-0.39, 0.29) is 11.7 Å². The Kier molecular flexibility index (Phi) is 6.02. The number of methoxy groups -OCH3 is 1. The van der Waals surface area contributed by atoms with Crippen LogP contribution < -0.4 is 15.0 Å². The van der Waals surface area contributed by atoms with Gasteiger partial charge in [0.15, 0.2) is 17.9 Å². The number of anilines is 1. The summed E-state index contributed by atoms with van der Waals surface area (Å²) in [5.74, 6) is -0.869. The van der Waals surface area contributed by atoms with Gasteiger partial charge in [0.2, 0.25) is 0 Å². The van der Waals surface area contributed by atoms with Crippen molar-refractivity contribution in [3.05, 3.63) is 78.0 Å². The number of piperidine rings is 1. The Morgan fingerprint density at radius 3 is 2.66 bits per heavy atom. The number of ether oxygens (including phenoxy) is 1. The third-order valence-electron chi connectivity index (χ3n) is 6.35. The van der Waals surface area contributed by atoms with Crippen LogP contribution >= 0.6 is 0 Å². The molecular formula is C25H24F2N6O2. The fourth-order valence-electron chi connectivity index (χ4n) is 4.67. The molecule has 4 aromatic rings. The van der Waals surface area contributed by atoms with Gasteiger partial charge in [-0.2, -0.15) is 0 Å². The molecule has 0 radical (unpaired) electrons. The SMILES string of the molecule is COc1c(F)ccc2c(N3CCC(c4cn(C)nn4)[C@@H](NC(=O)c4ccccc4)C3F)nccc12. The number of nitrogens with one attached hydrogen (secondary N) is 1. The number of aryl methyl sites for hydroxylation is 1. The Morgan fingerprint density at radius 1 is 1.14 bits per heavy atom. The molecule has 3 atom stereocenters. The Bertz CT molecular complexity index is 1360. The van der Waals surface area contributed by atoms with E-state index >= 15 is 4.39 Å². The van der Waals surface area contributed by atoms with Crippen LogP contribution in [0.1, 0.15) is 28.4 Å². The Balaban J connectivity index is 1.53. The van der Waals surface area contributed by atoms with E-state index in [1.807, 2.05) is 6.07 Å². The summed E-state index contributed by atoms with van der Waals surface area (Å²) in [5.41, 5.74) is 1.03. The highest BCUT2D eigenvalue weighted by Gasteiger charge is 2.42. The summed E-state index contributed by atoms with van der Waals surface area (Å²) >= 11 is 0. The van der Waals surface area contributed by atoms with Gasteiger partial charge in [-0.1, -0.05) is 23.4 Å². The zero-order valence-corrected chi connectivity index (χ0v) is 19.2. The summed E-state index contributed by atoms with van der Waals surface area (Å²) in [6.45, 7) is 0.311. The topological polar surface area (TPSA) is 85.2 Å². The standard InChI is InChI=1S/C25H24F2N6O2/c1-32-14-20(30-31-32)18-11-13-33(23(27)21(18)29-25(34)15-6-4-3-5-7-15)24-17-8-9-19(26)22(35-2)16(17)10-12-28-24/h3-10,12,14,18,21,23H,11,13H2,1-2H3,(H,29,34)/t18?,21-,23?/m1/s1. The second-order valence-corrected chi connectivity index (χ2v) is 8.45. The molecule has 10 heteroatoms. The third-order valence-corrected chi connectivity index (χ3v) is 6.35. The molecule has 1 aliphatic rings. The maximum Gasteiger partial charge on any atom is 0.251 e. The molecule has 0 bridgehead atoms. The van der Waals surface area contributed by atoms with Crippen LogP contribution in [0.15, 0.2) is 60.9 Å². The quantitative estimate of drug-likeness (QED) is 0.441. The molecule has 2 aromatic heterocycles. The lowest BCUT2D eigenvalue weighted by atomic mass is 9.87. The molecular weight excluding hydrogens is 454 g/mol. The number of alkyl halides is 1. The molecule has 1 N–H and O–H groups in total. The second-order valence-electron chi connectivity index (χ2n) is 8.45. The van der Waals surface area contributed by atoms with Crippen molar-refractivity contribution < 1.29 is 18.3 Å². The first-order valence-electron chi connectivity index (χ1n) is 11.2. The van der Waals surface area contributed by atoms with Crippen molar-refractivity contribution in [3.8, 4) is 5.75 Å². The van der Waals surface area contributed by atoms with Crippen molar-refractivity contribution in [3.63, 3.8) is 0 Å². The number of halogens is 2. The van der Waals surface area contributed by atoms with Gasteiger partial charge in [-0.15, -0.1) is 5.10 Å². The van der Waals surface area contributed by atoms with Gasteiger partial charge in [0.25, 0.3) is 5.91 Å². The smallest absolute Gasteiger partial charge is 0.251 e. The van der Waals surface area contributed by atoms with Crippen molar-refractivity contribution in [2.75, 3.05) is 18.6 Å². The van der Waals surface area contributed by atoms with Gasteiger partial charge in [0.1, 0.15) is 5.82 Å². The number of carbonyl (C=O) groups excluding carboxylic acids is 1. The largest absolute Gasteiger partial charge is 0.493 e. The fraction of sp³-hybridized carbons (Fsp3) is 0.280. The summed E-state index contributed by atoms with van der Waals surface area (Å²) < 4.78 is 37.4. The summed E-state index contributed by atoms with van der Waals surface area (Å²) in [6.07, 6.45) is 2.10. The molecule has 0 saturated carbocycles. The molecule has 180 valence electrons. The zero-order chi connectivity index (χ0) is 24.5. The van der Waals surface area contributed by atoms with Crippen molar-refractivity contribution in [2.45, 2.75) is 24.7 Å². The third kappa shape index (κ3) is 4.16. The fourth-order valence-corrected chi connectivity index (χ4v) is 4.67. The van der Waals surface area contributed by atoms with Crippen LogP contribution in [0.3, 0.4) is 0 Å². The molecule has 1 amide bonds. The van der Waals surface area contributed by atoms with Gasteiger partial charge in [0.05, 0.1) is 18.8 Å². The number of rotatable bonds is 5. The van der Waals surface area contributed by atoms with E-state index in [0.717, 1.165) is 0 Å². The first-order chi connectivity index (χ1) is 17.0. The Labute approximate surface area is 200 Å². The van der Waals surface area contributed by atoms with Crippen LogP contribution in [0.5, 0.6) is 5.75 Å². The highest BCUT2D eigenvalue weighted by atomic mass is 19.1. The molecule has 1 aliphatic heterocycles. The van der Waals surface area contributed by atoms with Gasteiger partial charge in [-0.25, -0.2) is 13.8 Å². The molecule has 1 saturated heterocycles. The predicted molar refractivity (Wildman–Crippen MR) is 127 cm³/mol. The van der Waals surface area contributed by atoms with Gasteiger partial charge < -0.3 is 15.0 Å². The number of hydrogen-bond acceptors (Lipinski definition) is 6. The molecule has 8 nitrogen and oxygen atoms in total. The number of nitrogens with zero attached hydrogens (tertiary/aromatic N) is 5. The number of benzene rings is 2. The van der Waals surface area contributed by atoms with Crippen LogP contribution in [0.2, 0.25) is 0 Å². The Morgan fingerprint density at radius 2 is 1.94 bits per heavy atom. The first-order valence-corrected chi connectivity index (χ1v) is 11.2. The lowest BCUT2D eigenvalue weighted by Crippen LogP contribution is -2.57. The zero-order valence-electron chi connectivity index (χ0n) is 19.2. The van der Waals surface area contributed by atoms with E-state index < -0.39 is 24.1 Å². The number of pyridine rings is 1. The lowest BCUT2D eigenvalue weighted by Gasteiger charge is -2.42. The van der Waals surface area contributed by atoms with Crippen LogP contribution in [-0.4, -0.2) is 51.9 Å². The van der Waals surface area contributed by atoms with Gasteiger partial charge >= 0.3 is 0 Å². The maximum atomic E-state index is 16.3. The molecule has 3 heterocycles. The minimum absolute atomic E-state index is 0.0740. The number of fused-ring (bicyclic) bond motifs is 1. The van der Waals surface area contributed by atoms with E-state index in [4.69, 9.17) is 4.74 Å². The number of amides is 1. The van der Waals surface area contributed by atoms with E-state index in [1.54, 1.807) is 54.3 Å². The molecule has 5 rings (SSSR count). The molecule has 35 heavy (non-hydrogen) atoms. The van der Waals surface area contributed by atoms with Crippen LogP contribution in [0.4, 0.5) is 14.6 Å². The van der Waals surface area contributed by atoms with Crippen molar-refractivity contribution >= 4 is 22.5 Å². The predicted octanol–water partition coefficient (Wildman–Crippen LogP) is 3.60. The van der Waals surface area contributed by atoms with Gasteiger partial charge in [-0.3, -0.25) is 9.48 Å². The van der Waals surface area contributed by atoms with E-state index in [2.05, 4.69) is 20.6 Å². The average molecular weight is 479 g/mol. The normalized spacial score (nSPS) is 20.1. The number of carbonyl (C=O) groups is 1. The van der Waals surface area contributed by atoms with E-state index in [0.29, 0.717) is 40.8 Å². The maximum absolute atomic E-state index is 16.3. The summed E-state index contributed by atoms with van der Waals surface area (Å²) in [5, 5.41) is 12.1. The lowest BCUT2D eigenvalue weighted by molar-refractivity contribution is 0.0872. The second kappa shape index (κ2) is 9.28. The van der Waals surface area contributed by atoms with Gasteiger partial charge in [-0.05, 0) is 36.8 Å². The number of hydrogen-bond donors (Lipinski definition) is 1. The highest BCUT2D eigenvalue weighted by Crippen LogP contribution is 2.38. The molecule has 2 unspecified atom stereocenters. The van der Waals surface area contributed by atoms with E-state index in [9.17, 15) is 9.18 Å². The van der Waals surface area contributed by atoms with Crippen LogP contribution in [-0.2, 0) is 7.05 Å². The highest BCUT2D eigenvalue weighted by molar-refractivity contribution is 5.97. The van der Waals surface area contributed by atoms with Crippen LogP contribution in [0, 0.1) is 5.82 Å². The minimum atomic E-state index is -1.63. The van der Waals surface area contributed by atoms with Crippen molar-refractivity contribution in [1.29, 1.82) is 0 Å². The van der Waals surface area contributed by atoms with Crippen LogP contribution in [0.25, 0.3) is 10.8 Å². The first kappa shape index (κ1) is 22.7. The Hall–Kier alpha value is -4.08. The average Bonchev–Trinajstić information content (AvgIpc) is 3.31. The van der Waals surface area contributed by atoms with Crippen molar-refractivity contribution in [1.82, 2.24) is 25.3 Å². The molecule has 1 fully saturated rings. The molecule has 0 spiro atoms. The van der Waals surface area contributed by atoms with E-state index in [1.165, 1.54) is 24.3 Å². The summed E-state index contributed by atoms with van der Waals surface area (Å²) in [6, 6.07) is 12.2. The molecule has 2 aromatic carbocycles. The molecule has 0 aliphatic carbocycles. The summed E-state index contributed by atoms with van der Waals surface area (Å²) in [4.78, 5) is 18.9. The van der Waals surface area contributed by atoms with Gasteiger partial charge in [0, 0.05) is 48.2 Å². The number of aromatic nitrogens is 4. The summed E-state index contributed by atoms with van der Waals surface area (Å²) in [7, 11) is 3.13.